The van der Waals surface area contributed by atoms with Crippen LogP contribution in [0.15, 0.2) is 53.6 Å². The van der Waals surface area contributed by atoms with Crippen molar-refractivity contribution >= 4 is 17.6 Å². The molecular formula is C25H28O3. The minimum Gasteiger partial charge on any atom is -0.508 e. The van der Waals surface area contributed by atoms with Gasteiger partial charge >= 0.3 is 5.97 Å². The van der Waals surface area contributed by atoms with Crippen LogP contribution in [0.4, 0.5) is 0 Å². The zero-order valence-electron chi connectivity index (χ0n) is 16.7. The predicted molar refractivity (Wildman–Crippen MR) is 114 cm³/mol. The van der Waals surface area contributed by atoms with Gasteiger partial charge in [0.1, 0.15) is 5.75 Å². The lowest BCUT2D eigenvalue weighted by molar-refractivity contribution is -0.132. The van der Waals surface area contributed by atoms with Crippen LogP contribution in [0.3, 0.4) is 0 Å². The average molecular weight is 376 g/mol. The Morgan fingerprint density at radius 3 is 2.21 bits per heavy atom. The van der Waals surface area contributed by atoms with Crippen LogP contribution in [0.2, 0.25) is 0 Å². The Balaban J connectivity index is 2.04. The molecule has 0 unspecified atom stereocenters. The summed E-state index contributed by atoms with van der Waals surface area (Å²) in [6, 6.07) is 14.0. The first-order valence-electron chi connectivity index (χ1n) is 10.1. The van der Waals surface area contributed by atoms with Crippen molar-refractivity contribution in [1.29, 1.82) is 0 Å². The Morgan fingerprint density at radius 1 is 1.00 bits per heavy atom. The van der Waals surface area contributed by atoms with Gasteiger partial charge in [-0.1, -0.05) is 49.2 Å². The second-order valence-electron chi connectivity index (χ2n) is 7.49. The number of carbonyl (C=O) groups is 1. The molecule has 2 N–H and O–H groups in total. The van der Waals surface area contributed by atoms with Gasteiger partial charge in [-0.2, -0.15) is 0 Å². The SMILES string of the molecule is CCC(=Cc1ccc(C(=C2CCCCC2)c2ccc(O)c(C)c2)cc1)C(=O)O. The lowest BCUT2D eigenvalue weighted by atomic mass is 9.84. The van der Waals surface area contributed by atoms with Crippen LogP contribution in [0.5, 0.6) is 5.75 Å². The maximum Gasteiger partial charge on any atom is 0.331 e. The van der Waals surface area contributed by atoms with Crippen LogP contribution in [0.25, 0.3) is 11.6 Å². The first-order chi connectivity index (χ1) is 13.5. The van der Waals surface area contributed by atoms with Crippen molar-refractivity contribution in [1.82, 2.24) is 0 Å². The van der Waals surface area contributed by atoms with Crippen molar-refractivity contribution in [3.05, 3.63) is 75.9 Å². The Hall–Kier alpha value is -2.81. The highest BCUT2D eigenvalue weighted by atomic mass is 16.4. The summed E-state index contributed by atoms with van der Waals surface area (Å²) in [7, 11) is 0. The molecule has 3 nitrogen and oxygen atoms in total. The molecule has 2 aromatic carbocycles. The van der Waals surface area contributed by atoms with E-state index in [-0.39, 0.29) is 0 Å². The Bertz CT molecular complexity index is 909. The molecule has 28 heavy (non-hydrogen) atoms. The molecule has 0 bridgehead atoms. The molecule has 3 heteroatoms. The molecule has 3 rings (SSSR count). The van der Waals surface area contributed by atoms with E-state index in [4.69, 9.17) is 0 Å². The summed E-state index contributed by atoms with van der Waals surface area (Å²) in [5.41, 5.74) is 7.19. The molecule has 0 aromatic heterocycles. The van der Waals surface area contributed by atoms with Gasteiger partial charge in [0, 0.05) is 5.57 Å². The number of phenolic OH excluding ortho intramolecular Hbond substituents is 1. The third-order valence-corrected chi connectivity index (χ3v) is 5.49. The highest BCUT2D eigenvalue weighted by Crippen LogP contribution is 2.36. The smallest absolute Gasteiger partial charge is 0.331 e. The van der Waals surface area contributed by atoms with Crippen molar-refractivity contribution in [3.8, 4) is 5.75 Å². The summed E-state index contributed by atoms with van der Waals surface area (Å²) in [5, 5.41) is 19.2. The van der Waals surface area contributed by atoms with Gasteiger partial charge in [0.15, 0.2) is 0 Å². The average Bonchev–Trinajstić information content (AvgIpc) is 2.70. The number of rotatable bonds is 5. The minimum absolute atomic E-state index is 0.318. The van der Waals surface area contributed by atoms with Crippen LogP contribution in [0.1, 0.15) is 67.7 Å². The molecule has 0 amide bonds. The molecule has 1 aliphatic carbocycles. The van der Waals surface area contributed by atoms with E-state index in [0.29, 0.717) is 17.7 Å². The molecule has 0 atom stereocenters. The van der Waals surface area contributed by atoms with Crippen LogP contribution in [0, 0.1) is 6.92 Å². The number of aromatic hydroxyl groups is 1. The normalized spacial score (nSPS) is 14.8. The van der Waals surface area contributed by atoms with Crippen LogP contribution in [-0.2, 0) is 4.79 Å². The Kier molecular flexibility index (Phi) is 6.35. The van der Waals surface area contributed by atoms with Crippen LogP contribution < -0.4 is 0 Å². The van der Waals surface area contributed by atoms with E-state index in [1.165, 1.54) is 30.4 Å². The van der Waals surface area contributed by atoms with Gasteiger partial charge in [0.2, 0.25) is 0 Å². The zero-order valence-corrected chi connectivity index (χ0v) is 16.7. The third-order valence-electron chi connectivity index (χ3n) is 5.49. The number of carboxylic acids is 1. The molecule has 146 valence electrons. The predicted octanol–water partition coefficient (Wildman–Crippen LogP) is 6.34. The first-order valence-corrected chi connectivity index (χ1v) is 10.1. The van der Waals surface area contributed by atoms with E-state index in [0.717, 1.165) is 35.1 Å². The molecule has 2 aromatic rings. The molecule has 1 saturated carbocycles. The van der Waals surface area contributed by atoms with E-state index in [1.807, 2.05) is 32.0 Å². The number of carboxylic acid groups (broad SMARTS) is 1. The van der Waals surface area contributed by atoms with Crippen molar-refractivity contribution in [2.45, 2.75) is 52.4 Å². The molecule has 0 heterocycles. The summed E-state index contributed by atoms with van der Waals surface area (Å²) in [6.45, 7) is 3.78. The molecule has 0 saturated heterocycles. The largest absolute Gasteiger partial charge is 0.508 e. The molecule has 1 aliphatic rings. The lowest BCUT2D eigenvalue weighted by Gasteiger charge is -2.21. The van der Waals surface area contributed by atoms with Crippen molar-refractivity contribution in [2.75, 3.05) is 0 Å². The standard InChI is InChI=1S/C25H28O3/c1-3-19(25(27)28)16-18-9-11-21(12-10-18)24(20-7-5-4-6-8-20)22-13-14-23(26)17(2)15-22/h9-16,26H,3-8H2,1-2H3,(H,27,28). The topological polar surface area (TPSA) is 57.5 Å². The molecule has 0 aliphatic heterocycles. The number of aliphatic carboxylic acids is 1. The van der Waals surface area contributed by atoms with Gasteiger partial charge in [-0.3, -0.25) is 0 Å². The van der Waals surface area contributed by atoms with Crippen molar-refractivity contribution < 1.29 is 15.0 Å². The van der Waals surface area contributed by atoms with Gasteiger partial charge in [-0.05, 0) is 85.1 Å². The second-order valence-corrected chi connectivity index (χ2v) is 7.49. The minimum atomic E-state index is -0.865. The first kappa shape index (κ1) is 19.9. The summed E-state index contributed by atoms with van der Waals surface area (Å²) < 4.78 is 0. The summed E-state index contributed by atoms with van der Waals surface area (Å²) >= 11 is 0. The van der Waals surface area contributed by atoms with Crippen molar-refractivity contribution in [2.24, 2.45) is 0 Å². The van der Waals surface area contributed by atoms with Gasteiger partial charge in [0.05, 0.1) is 0 Å². The van der Waals surface area contributed by atoms with E-state index in [1.54, 1.807) is 12.1 Å². The van der Waals surface area contributed by atoms with Gasteiger partial charge in [0.25, 0.3) is 0 Å². The van der Waals surface area contributed by atoms with Crippen molar-refractivity contribution in [3.63, 3.8) is 0 Å². The Morgan fingerprint density at radius 2 is 1.64 bits per heavy atom. The number of phenols is 1. The lowest BCUT2D eigenvalue weighted by Crippen LogP contribution is -2.01. The van der Waals surface area contributed by atoms with Gasteiger partial charge in [-0.15, -0.1) is 0 Å². The fourth-order valence-electron chi connectivity index (χ4n) is 3.88. The zero-order chi connectivity index (χ0) is 20.1. The molecule has 1 fully saturated rings. The number of hydrogen-bond acceptors (Lipinski definition) is 2. The summed E-state index contributed by atoms with van der Waals surface area (Å²) in [5.74, 6) is -0.547. The van der Waals surface area contributed by atoms with Crippen LogP contribution in [-0.4, -0.2) is 16.2 Å². The maximum atomic E-state index is 11.3. The van der Waals surface area contributed by atoms with E-state index < -0.39 is 5.97 Å². The molecular weight excluding hydrogens is 348 g/mol. The van der Waals surface area contributed by atoms with Gasteiger partial charge < -0.3 is 10.2 Å². The van der Waals surface area contributed by atoms with E-state index in [2.05, 4.69) is 18.2 Å². The highest BCUT2D eigenvalue weighted by molar-refractivity contribution is 5.92. The van der Waals surface area contributed by atoms with E-state index in [9.17, 15) is 15.0 Å². The van der Waals surface area contributed by atoms with Gasteiger partial charge in [-0.25, -0.2) is 4.79 Å². The Labute approximate surface area is 167 Å². The number of hydrogen-bond donors (Lipinski definition) is 2. The monoisotopic (exact) mass is 376 g/mol. The quantitative estimate of drug-likeness (QED) is 0.598. The molecule has 0 radical (unpaired) electrons. The number of allylic oxidation sites excluding steroid dienone is 1. The highest BCUT2D eigenvalue weighted by Gasteiger charge is 2.16. The second kappa shape index (κ2) is 8.92. The number of benzene rings is 2. The number of aryl methyl sites for hydroxylation is 1. The summed E-state index contributed by atoms with van der Waals surface area (Å²) in [4.78, 5) is 11.3. The third kappa shape index (κ3) is 4.53. The molecule has 0 spiro atoms. The fourth-order valence-corrected chi connectivity index (χ4v) is 3.88. The fraction of sp³-hybridized carbons (Fsp3) is 0.320. The van der Waals surface area contributed by atoms with E-state index >= 15 is 0 Å². The summed E-state index contributed by atoms with van der Waals surface area (Å²) in [6.07, 6.45) is 8.17. The van der Waals surface area contributed by atoms with Crippen LogP contribution >= 0.6 is 0 Å². The maximum absolute atomic E-state index is 11.3.